The van der Waals surface area contributed by atoms with Crippen LogP contribution in [-0.4, -0.2) is 35.3 Å². The largest absolute Gasteiger partial charge is 3.00 e. The van der Waals surface area contributed by atoms with Crippen LogP contribution in [0.2, 0.25) is 0 Å². The monoisotopic (exact) mass is 478 g/mol. The van der Waals surface area contributed by atoms with Gasteiger partial charge in [0, 0.05) is 37.2 Å². The molecule has 0 aliphatic rings. The number of carbonyl (C=O) groups is 6. The molecule has 0 heterocycles. The smallest absolute Gasteiger partial charge is 0.550 e. The van der Waals surface area contributed by atoms with Gasteiger partial charge in [-0.2, -0.15) is 0 Å². The molecule has 0 spiro atoms. The Bertz CT molecular complexity index is 317. The molecule has 0 fully saturated rings. The van der Waals surface area contributed by atoms with Crippen LogP contribution in [0.3, 0.4) is 0 Å². The van der Waals surface area contributed by atoms with Crippen LogP contribution in [0.5, 0.6) is 0 Å². The van der Waals surface area contributed by atoms with Gasteiger partial charge in [0.1, 0.15) is 17.3 Å². The molecule has 10 heteroatoms. The summed E-state index contributed by atoms with van der Waals surface area (Å²) in [6.45, 7) is 3.61. The van der Waals surface area contributed by atoms with Crippen molar-refractivity contribution in [3.05, 3.63) is 0 Å². The summed E-state index contributed by atoms with van der Waals surface area (Å²) >= 11 is 0. The third-order valence-electron chi connectivity index (χ3n) is 1.18. The second-order valence-corrected chi connectivity index (χ2v) is 3.75. The quantitative estimate of drug-likeness (QED) is 0.347. The Morgan fingerprint density at radius 1 is 0.545 bits per heavy atom. The van der Waals surface area contributed by atoms with Crippen LogP contribution in [0, 0.1) is 36.9 Å². The van der Waals surface area contributed by atoms with Crippen molar-refractivity contribution in [2.24, 2.45) is 0 Å². The van der Waals surface area contributed by atoms with Gasteiger partial charge in [-0.3, -0.25) is 14.4 Å². The molecular weight excluding hydrogens is 463 g/mol. The number of Topliss-reactive ketones (excluding diaryl/α,β-unsaturated/α-hetero) is 3. The van der Waals surface area contributed by atoms with Crippen LogP contribution in [0.25, 0.3) is 0 Å². The van der Waals surface area contributed by atoms with E-state index in [1.54, 1.807) is 0 Å². The molecular formula is C12H15LuO9. The van der Waals surface area contributed by atoms with Crippen molar-refractivity contribution in [2.75, 3.05) is 0 Å². The van der Waals surface area contributed by atoms with E-state index < -0.39 is 37.2 Å². The Morgan fingerprint density at radius 2 is 0.682 bits per heavy atom. The first-order valence-electron chi connectivity index (χ1n) is 5.46. The van der Waals surface area contributed by atoms with Gasteiger partial charge >= 0.3 is 36.9 Å². The van der Waals surface area contributed by atoms with E-state index in [4.69, 9.17) is 0 Å². The van der Waals surface area contributed by atoms with Crippen molar-refractivity contribution in [3.63, 3.8) is 0 Å². The molecule has 0 aromatic rings. The van der Waals surface area contributed by atoms with E-state index in [-0.39, 0.29) is 54.2 Å². The van der Waals surface area contributed by atoms with Gasteiger partial charge < -0.3 is 29.7 Å². The molecule has 0 aliphatic carbocycles. The standard InChI is InChI=1S/3C4H6O3.Lu/c3*1-3(5)2-4(6)7;/h3*2H2,1H3,(H,6,7);/q;;;+3/p-3. The molecule has 132 valence electrons. The van der Waals surface area contributed by atoms with E-state index in [1.807, 2.05) is 0 Å². The third kappa shape index (κ3) is 51.2. The maximum atomic E-state index is 9.83. The summed E-state index contributed by atoms with van der Waals surface area (Å²) in [5.41, 5.74) is 0. The Kier molecular flexibility index (Phi) is 23.1. The predicted molar refractivity (Wildman–Crippen MR) is 60.9 cm³/mol. The molecule has 0 aliphatic heterocycles. The molecule has 0 N–H and O–H groups in total. The summed E-state index contributed by atoms with van der Waals surface area (Å²) in [6.07, 6.45) is -1.42. The molecule has 0 amide bonds. The average Bonchev–Trinajstić information content (AvgIpc) is 2.10. The summed E-state index contributed by atoms with van der Waals surface area (Å²) in [7, 11) is 0. The number of ketones is 3. The Balaban J connectivity index is -0.000000108. The van der Waals surface area contributed by atoms with Crippen LogP contribution in [-0.2, 0) is 28.8 Å². The zero-order valence-corrected chi connectivity index (χ0v) is 13.7. The van der Waals surface area contributed by atoms with Gasteiger partial charge in [-0.15, -0.1) is 0 Å². The van der Waals surface area contributed by atoms with Gasteiger partial charge in [0.25, 0.3) is 0 Å². The number of aliphatic carboxylic acids is 3. The molecule has 0 bridgehead atoms. The number of hydrogen-bond acceptors (Lipinski definition) is 9. The Hall–Kier alpha value is -1.35. The fourth-order valence-corrected chi connectivity index (χ4v) is 0.610. The molecule has 0 unspecified atom stereocenters. The molecule has 0 saturated heterocycles. The SMILES string of the molecule is CC(=O)CC(=O)[O-].CC(=O)CC(=O)[O-].CC(=O)CC(=O)[O-].[Lu+3]. The van der Waals surface area contributed by atoms with Crippen molar-refractivity contribution >= 4 is 35.3 Å². The predicted octanol–water partition coefficient (Wildman–Crippen LogP) is -3.85. The van der Waals surface area contributed by atoms with Gasteiger partial charge in [-0.25, -0.2) is 0 Å². The van der Waals surface area contributed by atoms with Crippen molar-refractivity contribution in [1.29, 1.82) is 0 Å². The number of rotatable bonds is 6. The first-order chi connectivity index (χ1) is 9.38. The van der Waals surface area contributed by atoms with Crippen LogP contribution < -0.4 is 15.3 Å². The summed E-state index contributed by atoms with van der Waals surface area (Å²) < 4.78 is 0. The van der Waals surface area contributed by atoms with Crippen molar-refractivity contribution in [2.45, 2.75) is 40.0 Å². The number of carboxylic acids is 3. The van der Waals surface area contributed by atoms with E-state index in [1.165, 1.54) is 20.8 Å². The molecule has 9 nitrogen and oxygen atoms in total. The number of hydrogen-bond donors (Lipinski definition) is 0. The van der Waals surface area contributed by atoms with Crippen molar-refractivity contribution < 1.29 is 81.0 Å². The molecule has 0 atom stereocenters. The van der Waals surface area contributed by atoms with E-state index >= 15 is 0 Å². The zero-order valence-electron chi connectivity index (χ0n) is 12.1. The fourth-order valence-electron chi connectivity index (χ4n) is 0.610. The third-order valence-corrected chi connectivity index (χ3v) is 1.18. The fraction of sp³-hybridized carbons (Fsp3) is 0.500. The Morgan fingerprint density at radius 3 is 0.682 bits per heavy atom. The second kappa shape index (κ2) is 17.7. The van der Waals surface area contributed by atoms with Crippen LogP contribution in [0.1, 0.15) is 40.0 Å². The summed E-state index contributed by atoms with van der Waals surface area (Å²) in [4.78, 5) is 57.9. The van der Waals surface area contributed by atoms with Gasteiger partial charge in [0.05, 0.1) is 0 Å². The molecule has 22 heavy (non-hydrogen) atoms. The van der Waals surface area contributed by atoms with Crippen molar-refractivity contribution in [1.82, 2.24) is 0 Å². The maximum Gasteiger partial charge on any atom is 3.00 e. The normalized spacial score (nSPS) is 7.77. The van der Waals surface area contributed by atoms with Gasteiger partial charge in [0.15, 0.2) is 0 Å². The molecule has 0 aromatic heterocycles. The minimum atomic E-state index is -1.31. The van der Waals surface area contributed by atoms with Crippen LogP contribution in [0.4, 0.5) is 0 Å². The molecule has 0 radical (unpaired) electrons. The van der Waals surface area contributed by atoms with E-state index in [0.29, 0.717) is 0 Å². The Labute approximate surface area is 155 Å². The van der Waals surface area contributed by atoms with Gasteiger partial charge in [0.2, 0.25) is 0 Å². The topological polar surface area (TPSA) is 172 Å². The maximum absolute atomic E-state index is 9.83. The minimum Gasteiger partial charge on any atom is -0.550 e. The number of carbonyl (C=O) groups excluding carboxylic acids is 6. The van der Waals surface area contributed by atoms with Crippen molar-refractivity contribution in [3.8, 4) is 0 Å². The zero-order chi connectivity index (χ0) is 17.6. The summed E-state index contributed by atoms with van der Waals surface area (Å²) in [5.74, 6) is -5.06. The summed E-state index contributed by atoms with van der Waals surface area (Å²) in [5, 5.41) is 28.4. The average molecular weight is 478 g/mol. The second-order valence-electron chi connectivity index (χ2n) is 3.75. The van der Waals surface area contributed by atoms with Crippen LogP contribution >= 0.6 is 0 Å². The first kappa shape index (κ1) is 28.8. The summed E-state index contributed by atoms with van der Waals surface area (Å²) in [6, 6.07) is 0. The first-order valence-corrected chi connectivity index (χ1v) is 5.46. The molecule has 0 rings (SSSR count). The van der Waals surface area contributed by atoms with E-state index in [9.17, 15) is 44.1 Å². The van der Waals surface area contributed by atoms with E-state index in [0.717, 1.165) is 0 Å². The van der Waals surface area contributed by atoms with Crippen LogP contribution in [0.15, 0.2) is 0 Å². The number of carboxylic acid groups (broad SMARTS) is 3. The minimum absolute atomic E-state index is 0. The molecule has 0 saturated carbocycles. The molecule has 0 aromatic carbocycles. The van der Waals surface area contributed by atoms with Gasteiger partial charge in [-0.1, -0.05) is 0 Å². The van der Waals surface area contributed by atoms with Gasteiger partial charge in [-0.05, 0) is 20.8 Å². The van der Waals surface area contributed by atoms with E-state index in [2.05, 4.69) is 0 Å².